The van der Waals surface area contributed by atoms with Gasteiger partial charge in [-0.15, -0.1) is 0 Å². The van der Waals surface area contributed by atoms with Crippen LogP contribution in [-0.2, 0) is 28.6 Å². The predicted molar refractivity (Wildman–Crippen MR) is 48.8 cm³/mol. The molecule has 0 aromatic rings. The molecule has 0 aromatic carbocycles. The molecular formula is C9H7NO6. The van der Waals surface area contributed by atoms with Gasteiger partial charge >= 0.3 is 11.9 Å². The lowest BCUT2D eigenvalue weighted by atomic mass is 10.5. The number of esters is 2. The molecule has 1 rings (SSSR count). The van der Waals surface area contributed by atoms with Crippen molar-refractivity contribution in [1.29, 1.82) is 0 Å². The zero-order chi connectivity index (χ0) is 12.1. The summed E-state index contributed by atoms with van der Waals surface area (Å²) in [6.45, 7) is 3.12. The smallest absolute Gasteiger partial charge is 0.382 e. The summed E-state index contributed by atoms with van der Waals surface area (Å²) >= 11 is 0. The van der Waals surface area contributed by atoms with Crippen molar-refractivity contribution in [2.45, 2.75) is 0 Å². The Labute approximate surface area is 89.7 Å². The van der Waals surface area contributed by atoms with Gasteiger partial charge in [-0.3, -0.25) is 4.79 Å². The molecule has 1 aliphatic heterocycles. The fourth-order valence-corrected chi connectivity index (χ4v) is 0.573. The molecule has 0 bridgehead atoms. The molecule has 0 spiro atoms. The molecule has 0 atom stereocenters. The molecule has 0 saturated heterocycles. The number of nitrogens with two attached hydrogens (primary N) is 1. The van der Waals surface area contributed by atoms with Gasteiger partial charge in [-0.25, -0.2) is 9.59 Å². The number of amides is 1. The van der Waals surface area contributed by atoms with Crippen molar-refractivity contribution in [1.82, 2.24) is 0 Å². The van der Waals surface area contributed by atoms with E-state index in [-0.39, 0.29) is 5.76 Å². The van der Waals surface area contributed by atoms with Gasteiger partial charge in [-0.05, 0) is 0 Å². The third-order valence-corrected chi connectivity index (χ3v) is 1.33. The van der Waals surface area contributed by atoms with Crippen LogP contribution in [0, 0.1) is 0 Å². The monoisotopic (exact) mass is 225 g/mol. The highest BCUT2D eigenvalue weighted by Gasteiger charge is 2.22. The zero-order valence-electron chi connectivity index (χ0n) is 7.97. The minimum absolute atomic E-state index is 0.00452. The lowest BCUT2D eigenvalue weighted by Gasteiger charge is -2.01. The molecule has 0 aromatic heterocycles. The molecule has 1 aliphatic rings. The van der Waals surface area contributed by atoms with E-state index in [4.69, 9.17) is 5.73 Å². The van der Waals surface area contributed by atoms with Crippen LogP contribution in [0.25, 0.3) is 0 Å². The maximum Gasteiger partial charge on any atom is 0.382 e. The Bertz CT molecular complexity index is 420. The Morgan fingerprint density at radius 3 is 2.50 bits per heavy atom. The van der Waals surface area contributed by atoms with Gasteiger partial charge in [0.05, 0.1) is 0 Å². The predicted octanol–water partition coefficient (Wildman–Crippen LogP) is -0.543. The Hall–Kier alpha value is -2.57. The number of hydrogen-bond acceptors (Lipinski definition) is 6. The molecular weight excluding hydrogens is 218 g/mol. The van der Waals surface area contributed by atoms with Crippen LogP contribution >= 0.6 is 0 Å². The largest absolute Gasteiger partial charge is 0.450 e. The molecule has 1 heterocycles. The quantitative estimate of drug-likeness (QED) is 0.382. The fraction of sp³-hybridized carbons (Fsp3) is 0. The van der Waals surface area contributed by atoms with Crippen molar-refractivity contribution in [2.75, 3.05) is 0 Å². The first kappa shape index (κ1) is 11.5. The Morgan fingerprint density at radius 1 is 1.44 bits per heavy atom. The van der Waals surface area contributed by atoms with Gasteiger partial charge in [0.15, 0.2) is 0 Å². The zero-order valence-corrected chi connectivity index (χ0v) is 7.97. The summed E-state index contributed by atoms with van der Waals surface area (Å²) in [6.07, 6.45) is 2.59. The van der Waals surface area contributed by atoms with Gasteiger partial charge < -0.3 is 19.9 Å². The van der Waals surface area contributed by atoms with E-state index >= 15 is 0 Å². The van der Waals surface area contributed by atoms with E-state index in [9.17, 15) is 14.4 Å². The number of primary amides is 1. The van der Waals surface area contributed by atoms with Crippen LogP contribution in [0.3, 0.4) is 0 Å². The molecule has 1 amide bonds. The number of hydrogen-bond donors (Lipinski definition) is 1. The van der Waals surface area contributed by atoms with E-state index in [0.29, 0.717) is 6.26 Å². The van der Waals surface area contributed by atoms with Crippen LogP contribution in [0.1, 0.15) is 0 Å². The van der Waals surface area contributed by atoms with Crippen molar-refractivity contribution in [2.24, 2.45) is 5.73 Å². The number of carbonyl (C=O) groups excluding carboxylic acids is 3. The summed E-state index contributed by atoms with van der Waals surface area (Å²) in [5.74, 6) is -3.40. The van der Waals surface area contributed by atoms with Crippen LogP contribution in [0.2, 0.25) is 0 Å². The van der Waals surface area contributed by atoms with Gasteiger partial charge in [0.25, 0.3) is 5.91 Å². The summed E-state index contributed by atoms with van der Waals surface area (Å²) in [7, 11) is 0. The lowest BCUT2D eigenvalue weighted by molar-refractivity contribution is -0.140. The molecule has 0 unspecified atom stereocenters. The number of rotatable bonds is 5. The van der Waals surface area contributed by atoms with Crippen molar-refractivity contribution in [3.63, 3.8) is 0 Å². The third kappa shape index (κ3) is 3.29. The van der Waals surface area contributed by atoms with Crippen molar-refractivity contribution < 1.29 is 28.6 Å². The van der Waals surface area contributed by atoms with E-state index in [0.717, 1.165) is 12.3 Å². The van der Waals surface area contributed by atoms with Gasteiger partial charge in [0.1, 0.15) is 12.5 Å². The molecule has 7 heteroatoms. The average molecular weight is 225 g/mol. The number of carbonyl (C=O) groups is 3. The van der Waals surface area contributed by atoms with E-state index in [2.05, 4.69) is 20.8 Å². The minimum atomic E-state index is -1.06. The fourth-order valence-electron chi connectivity index (χ4n) is 0.573. The molecule has 2 N–H and O–H groups in total. The molecule has 16 heavy (non-hydrogen) atoms. The van der Waals surface area contributed by atoms with E-state index in [1.165, 1.54) is 0 Å². The Kier molecular flexibility index (Phi) is 3.44. The van der Waals surface area contributed by atoms with Crippen LogP contribution < -0.4 is 5.73 Å². The van der Waals surface area contributed by atoms with Crippen molar-refractivity contribution in [3.8, 4) is 0 Å². The van der Waals surface area contributed by atoms with Crippen molar-refractivity contribution in [3.05, 3.63) is 36.7 Å². The minimum Gasteiger partial charge on any atom is -0.450 e. The van der Waals surface area contributed by atoms with Crippen molar-refractivity contribution >= 4 is 17.8 Å². The van der Waals surface area contributed by atoms with Gasteiger partial charge in [-0.1, -0.05) is 6.58 Å². The van der Waals surface area contributed by atoms with Gasteiger partial charge in [0, 0.05) is 6.08 Å². The van der Waals surface area contributed by atoms with Crippen LogP contribution in [0.4, 0.5) is 0 Å². The first-order valence-corrected chi connectivity index (χ1v) is 3.96. The summed E-state index contributed by atoms with van der Waals surface area (Å²) in [5.41, 5.74) is 4.86. The van der Waals surface area contributed by atoms with Crippen LogP contribution in [0.15, 0.2) is 36.7 Å². The van der Waals surface area contributed by atoms with Gasteiger partial charge in [0.2, 0.25) is 11.5 Å². The highest BCUT2D eigenvalue weighted by atomic mass is 16.6. The number of ether oxygens (including phenoxy) is 3. The lowest BCUT2D eigenvalue weighted by Crippen LogP contribution is -2.19. The van der Waals surface area contributed by atoms with Crippen LogP contribution in [0.5, 0.6) is 0 Å². The average Bonchev–Trinajstić information content (AvgIpc) is 3.06. The molecule has 84 valence electrons. The third-order valence-electron chi connectivity index (χ3n) is 1.33. The first-order chi connectivity index (χ1) is 7.54. The summed E-state index contributed by atoms with van der Waals surface area (Å²) in [5, 5.41) is 0. The maximum atomic E-state index is 10.9. The normalized spacial score (nSPS) is 13.0. The topological polar surface area (TPSA) is 108 Å². The summed E-state index contributed by atoms with van der Waals surface area (Å²) in [4.78, 5) is 32.4. The summed E-state index contributed by atoms with van der Waals surface area (Å²) in [6, 6.07) is 0. The molecule has 0 saturated carbocycles. The van der Waals surface area contributed by atoms with Crippen LogP contribution in [-0.4, -0.2) is 17.8 Å². The Morgan fingerprint density at radius 2 is 2.06 bits per heavy atom. The summed E-state index contributed by atoms with van der Waals surface area (Å²) < 4.78 is 13.2. The second kappa shape index (κ2) is 4.78. The highest BCUT2D eigenvalue weighted by Crippen LogP contribution is 2.15. The highest BCUT2D eigenvalue weighted by molar-refractivity contribution is 5.95. The standard InChI is InChI=1S/C9H7NO6/c1-2-7(11)16-5(8(10)12)3-15-9(13)6-4-14-6/h2-4H,1H2,(H2,10,12)/b5-3+. The van der Waals surface area contributed by atoms with E-state index in [1.807, 2.05) is 0 Å². The molecule has 0 aliphatic carbocycles. The SMILES string of the molecule is C=CC(=O)O/C(=C/OC(=O)C1=CO1)C(N)=O. The Balaban J connectivity index is 2.61. The molecule has 7 nitrogen and oxygen atoms in total. The molecule has 0 fully saturated rings. The molecule has 0 radical (unpaired) electrons. The van der Waals surface area contributed by atoms with E-state index < -0.39 is 23.6 Å². The second-order valence-electron chi connectivity index (χ2n) is 2.48. The van der Waals surface area contributed by atoms with E-state index in [1.54, 1.807) is 0 Å². The second-order valence-corrected chi connectivity index (χ2v) is 2.48. The van der Waals surface area contributed by atoms with Gasteiger partial charge in [-0.2, -0.15) is 0 Å². The maximum absolute atomic E-state index is 10.9. The first-order valence-electron chi connectivity index (χ1n) is 3.96.